The number of amides is 1. The first-order valence-electron chi connectivity index (χ1n) is 10.3. The molecule has 3 atom stereocenters. The van der Waals surface area contributed by atoms with E-state index in [1.165, 1.54) is 12.1 Å². The quantitative estimate of drug-likeness (QED) is 0.779. The lowest BCUT2D eigenvalue weighted by molar-refractivity contribution is -0.134. The van der Waals surface area contributed by atoms with Crippen molar-refractivity contribution >= 4 is 17.4 Å². The summed E-state index contributed by atoms with van der Waals surface area (Å²) < 4.78 is 13.3. The fraction of sp³-hybridized carbons (Fsp3) is 0.478. The largest absolute Gasteiger partial charge is 0.390 e. The average Bonchev–Trinajstić information content (AvgIpc) is 3.02. The fourth-order valence-corrected chi connectivity index (χ4v) is 4.83. The van der Waals surface area contributed by atoms with Gasteiger partial charge in [0.25, 0.3) is 0 Å². The summed E-state index contributed by atoms with van der Waals surface area (Å²) in [5.41, 5.74) is -0.598. The molecule has 3 unspecified atom stereocenters. The minimum absolute atomic E-state index is 0.0000577. The number of rotatable bonds is 4. The van der Waals surface area contributed by atoms with Gasteiger partial charge in [0, 0.05) is 24.8 Å². The molecule has 2 aromatic rings. The Morgan fingerprint density at radius 2 is 1.97 bits per heavy atom. The van der Waals surface area contributed by atoms with E-state index in [1.807, 2.05) is 0 Å². The highest BCUT2D eigenvalue weighted by Crippen LogP contribution is 2.52. The number of Topliss-reactive ketones (excluding diaryl/α,β-unsaturated/α-hetero) is 1. The minimum atomic E-state index is -1.02. The van der Waals surface area contributed by atoms with Gasteiger partial charge in [-0.3, -0.25) is 9.59 Å². The molecule has 1 spiro atoms. The van der Waals surface area contributed by atoms with Gasteiger partial charge in [-0.25, -0.2) is 14.4 Å². The van der Waals surface area contributed by atoms with Crippen molar-refractivity contribution in [3.05, 3.63) is 53.9 Å². The van der Waals surface area contributed by atoms with Gasteiger partial charge >= 0.3 is 0 Å². The average molecular weight is 411 g/mol. The Kier molecular flexibility index (Phi) is 5.18. The normalized spacial score (nSPS) is 28.9. The predicted octanol–water partition coefficient (Wildman–Crippen LogP) is 3.47. The van der Waals surface area contributed by atoms with E-state index in [-0.39, 0.29) is 29.8 Å². The number of hydrogen-bond acceptors (Lipinski definition) is 5. The minimum Gasteiger partial charge on any atom is -0.390 e. The van der Waals surface area contributed by atoms with Crippen LogP contribution in [0.15, 0.2) is 36.5 Å². The van der Waals surface area contributed by atoms with E-state index in [9.17, 15) is 19.1 Å². The molecule has 1 aliphatic carbocycles. The van der Waals surface area contributed by atoms with Gasteiger partial charge in [0.1, 0.15) is 17.3 Å². The van der Waals surface area contributed by atoms with Gasteiger partial charge in [0.2, 0.25) is 5.91 Å². The number of hydrogen-bond donors (Lipinski definition) is 1. The van der Waals surface area contributed by atoms with Crippen LogP contribution in [0.1, 0.15) is 55.3 Å². The Bertz CT molecular complexity index is 976. The van der Waals surface area contributed by atoms with Crippen LogP contribution in [0.25, 0.3) is 0 Å². The van der Waals surface area contributed by atoms with Crippen molar-refractivity contribution in [3.63, 3.8) is 0 Å². The van der Waals surface area contributed by atoms with Crippen molar-refractivity contribution in [3.8, 4) is 0 Å². The molecule has 2 aliphatic rings. The number of benzene rings is 1. The first kappa shape index (κ1) is 20.6. The molecule has 1 aromatic carbocycles. The Labute approximate surface area is 175 Å². The lowest BCUT2D eigenvalue weighted by atomic mass is 9.61. The summed E-state index contributed by atoms with van der Waals surface area (Å²) in [5.74, 6) is -0.310. The first-order chi connectivity index (χ1) is 14.2. The molecule has 1 N–H and O–H groups in total. The van der Waals surface area contributed by atoms with Crippen LogP contribution >= 0.6 is 0 Å². The summed E-state index contributed by atoms with van der Waals surface area (Å²) in [4.78, 5) is 36.1. The standard InChI is InChI=1S/C23H26FN3O3/c1-15-25-11-7-19(26-15)20(28)13-16-14-23(9-8-22(16,2)30)10-12-27(21(23)29)18-5-3-17(24)4-6-18/h3-7,11,16,30H,8-10,12-14H2,1-2H3. The monoisotopic (exact) mass is 411 g/mol. The highest BCUT2D eigenvalue weighted by molar-refractivity contribution is 6.00. The highest BCUT2D eigenvalue weighted by Gasteiger charge is 2.54. The van der Waals surface area contributed by atoms with Gasteiger partial charge in [-0.2, -0.15) is 0 Å². The molecule has 30 heavy (non-hydrogen) atoms. The molecule has 1 amide bonds. The molecule has 0 bridgehead atoms. The number of aromatic nitrogens is 2. The van der Waals surface area contributed by atoms with E-state index < -0.39 is 11.0 Å². The Balaban J connectivity index is 1.54. The summed E-state index contributed by atoms with van der Waals surface area (Å²) in [7, 11) is 0. The number of carbonyl (C=O) groups is 2. The number of ketones is 1. The molecule has 2 heterocycles. The first-order valence-corrected chi connectivity index (χ1v) is 10.3. The number of nitrogens with zero attached hydrogens (tertiary/aromatic N) is 3. The smallest absolute Gasteiger partial charge is 0.233 e. The van der Waals surface area contributed by atoms with Crippen LogP contribution in [-0.4, -0.2) is 38.9 Å². The maximum Gasteiger partial charge on any atom is 0.233 e. The molecule has 4 rings (SSSR count). The van der Waals surface area contributed by atoms with E-state index in [4.69, 9.17) is 0 Å². The number of anilines is 1. The van der Waals surface area contributed by atoms with Gasteiger partial charge in [-0.1, -0.05) is 0 Å². The Morgan fingerprint density at radius 1 is 1.23 bits per heavy atom. The van der Waals surface area contributed by atoms with E-state index in [2.05, 4.69) is 9.97 Å². The number of carbonyl (C=O) groups excluding carboxylic acids is 2. The number of halogens is 1. The summed E-state index contributed by atoms with van der Waals surface area (Å²) >= 11 is 0. The van der Waals surface area contributed by atoms with Crippen LogP contribution in [0.5, 0.6) is 0 Å². The fourth-order valence-electron chi connectivity index (χ4n) is 4.83. The second-order valence-corrected chi connectivity index (χ2v) is 8.84. The zero-order valence-electron chi connectivity index (χ0n) is 17.3. The maximum atomic E-state index is 13.4. The molecule has 6 nitrogen and oxygen atoms in total. The van der Waals surface area contributed by atoms with Crippen LogP contribution in [0.3, 0.4) is 0 Å². The van der Waals surface area contributed by atoms with Crippen molar-refractivity contribution in [1.82, 2.24) is 9.97 Å². The summed E-state index contributed by atoms with van der Waals surface area (Å²) in [6.45, 7) is 4.03. The number of aliphatic hydroxyl groups is 1. The van der Waals surface area contributed by atoms with E-state index in [0.29, 0.717) is 49.4 Å². The van der Waals surface area contributed by atoms with Crippen molar-refractivity contribution in [2.75, 3.05) is 11.4 Å². The van der Waals surface area contributed by atoms with Gasteiger partial charge in [0.15, 0.2) is 5.78 Å². The third-order valence-corrected chi connectivity index (χ3v) is 6.77. The molecular formula is C23H26FN3O3. The lowest BCUT2D eigenvalue weighted by Crippen LogP contribution is -2.48. The van der Waals surface area contributed by atoms with E-state index >= 15 is 0 Å². The van der Waals surface area contributed by atoms with Crippen LogP contribution < -0.4 is 4.90 Å². The molecule has 1 saturated heterocycles. The summed E-state index contributed by atoms with van der Waals surface area (Å²) in [6, 6.07) is 7.52. The summed E-state index contributed by atoms with van der Waals surface area (Å²) in [6.07, 6.45) is 3.83. The van der Waals surface area contributed by atoms with Crippen LogP contribution in [0, 0.1) is 24.1 Å². The van der Waals surface area contributed by atoms with Gasteiger partial charge in [0.05, 0.1) is 11.0 Å². The zero-order chi connectivity index (χ0) is 21.5. The van der Waals surface area contributed by atoms with Crippen LogP contribution in [0.4, 0.5) is 10.1 Å². The Morgan fingerprint density at radius 3 is 2.67 bits per heavy atom. The topological polar surface area (TPSA) is 83.4 Å². The van der Waals surface area contributed by atoms with Crippen molar-refractivity contribution in [1.29, 1.82) is 0 Å². The number of aryl methyl sites for hydroxylation is 1. The van der Waals surface area contributed by atoms with Crippen LogP contribution in [0.2, 0.25) is 0 Å². The highest BCUT2D eigenvalue weighted by atomic mass is 19.1. The second-order valence-electron chi connectivity index (χ2n) is 8.84. The maximum absolute atomic E-state index is 13.4. The van der Waals surface area contributed by atoms with Crippen molar-refractivity contribution in [2.24, 2.45) is 11.3 Å². The van der Waals surface area contributed by atoms with E-state index in [1.54, 1.807) is 43.1 Å². The molecular weight excluding hydrogens is 385 g/mol. The molecule has 1 saturated carbocycles. The SMILES string of the molecule is Cc1nccc(C(=O)CC2CC3(CCN(c4ccc(F)cc4)C3=O)CCC2(C)O)n1. The molecule has 1 aliphatic heterocycles. The van der Waals surface area contributed by atoms with Crippen molar-refractivity contribution < 1.29 is 19.1 Å². The molecule has 1 aromatic heterocycles. The predicted molar refractivity (Wildman–Crippen MR) is 109 cm³/mol. The van der Waals surface area contributed by atoms with Gasteiger partial charge < -0.3 is 10.0 Å². The zero-order valence-corrected chi connectivity index (χ0v) is 17.3. The molecule has 0 radical (unpaired) electrons. The van der Waals surface area contributed by atoms with Crippen molar-refractivity contribution in [2.45, 2.75) is 51.6 Å². The lowest BCUT2D eigenvalue weighted by Gasteiger charge is -2.45. The third kappa shape index (κ3) is 3.74. The molecule has 7 heteroatoms. The summed E-state index contributed by atoms with van der Waals surface area (Å²) in [5, 5.41) is 11.0. The third-order valence-electron chi connectivity index (χ3n) is 6.77. The Hall–Kier alpha value is -2.67. The second kappa shape index (κ2) is 7.54. The van der Waals surface area contributed by atoms with E-state index in [0.717, 1.165) is 0 Å². The van der Waals surface area contributed by atoms with Gasteiger partial charge in [-0.05, 0) is 75.8 Å². The van der Waals surface area contributed by atoms with Crippen LogP contribution in [-0.2, 0) is 4.79 Å². The molecule has 2 fully saturated rings. The van der Waals surface area contributed by atoms with Gasteiger partial charge in [-0.15, -0.1) is 0 Å². The molecule has 158 valence electrons.